The Morgan fingerprint density at radius 3 is 2.80 bits per heavy atom. The van der Waals surface area contributed by atoms with E-state index in [0.29, 0.717) is 6.42 Å². The molecule has 0 aromatic rings. The van der Waals surface area contributed by atoms with Gasteiger partial charge in [-0.15, -0.1) is 0 Å². The van der Waals surface area contributed by atoms with E-state index in [1.807, 2.05) is 14.1 Å². The highest BCUT2D eigenvalue weighted by Gasteiger charge is 2.22. The Balaban J connectivity index is 2.24. The molecule has 0 saturated carbocycles. The molecule has 1 fully saturated rings. The molecule has 1 aliphatic rings. The average molecular weight is 141 g/mol. The largest absolute Gasteiger partial charge is 0.307 e. The van der Waals surface area contributed by atoms with Crippen molar-refractivity contribution < 1.29 is 4.79 Å². The molecule has 1 saturated heterocycles. The molecule has 1 rings (SSSR count). The normalized spacial score (nSPS) is 25.5. The van der Waals surface area contributed by atoms with Gasteiger partial charge in [0, 0.05) is 13.0 Å². The van der Waals surface area contributed by atoms with Gasteiger partial charge in [0.25, 0.3) is 0 Å². The summed E-state index contributed by atoms with van der Waals surface area (Å²) in [5.74, 6) is 0.0758. The summed E-state index contributed by atoms with van der Waals surface area (Å²) in [4.78, 5) is 12.7. The number of hydrogen-bond donors (Lipinski definition) is 0. The lowest BCUT2D eigenvalue weighted by Gasteiger charge is -2.13. The third-order valence-corrected chi connectivity index (χ3v) is 1.59. The van der Waals surface area contributed by atoms with Crippen LogP contribution in [0.5, 0.6) is 0 Å². The average Bonchev–Trinajstić information content (AvgIpc) is 2.13. The molecule has 1 amide bonds. The predicted molar refractivity (Wildman–Crippen MR) is 38.7 cm³/mol. The molecule has 1 aliphatic heterocycles. The summed E-state index contributed by atoms with van der Waals surface area (Å²) in [6, 6.07) is 0.266. The van der Waals surface area contributed by atoms with Crippen LogP contribution < -0.4 is 5.32 Å². The highest BCUT2D eigenvalue weighted by atomic mass is 16.1. The zero-order chi connectivity index (χ0) is 7.56. The zero-order valence-corrected chi connectivity index (χ0v) is 6.50. The van der Waals surface area contributed by atoms with Gasteiger partial charge in [-0.05, 0) is 20.5 Å². The predicted octanol–water partition coefficient (Wildman–Crippen LogP) is -0.159. The number of nitrogens with zero attached hydrogens (tertiary/aromatic N) is 2. The van der Waals surface area contributed by atoms with Gasteiger partial charge in [-0.1, -0.05) is 0 Å². The zero-order valence-electron chi connectivity index (χ0n) is 6.50. The highest BCUT2D eigenvalue weighted by Crippen LogP contribution is 2.08. The third-order valence-electron chi connectivity index (χ3n) is 1.59. The van der Waals surface area contributed by atoms with Gasteiger partial charge in [-0.2, -0.15) is 0 Å². The van der Waals surface area contributed by atoms with E-state index in [1.165, 1.54) is 0 Å². The molecule has 10 heavy (non-hydrogen) atoms. The minimum Gasteiger partial charge on any atom is -0.307 e. The van der Waals surface area contributed by atoms with Crippen molar-refractivity contribution in [3.63, 3.8) is 0 Å². The van der Waals surface area contributed by atoms with Gasteiger partial charge in [0.05, 0.1) is 6.04 Å². The van der Waals surface area contributed by atoms with E-state index in [9.17, 15) is 4.79 Å². The number of carbonyl (C=O) groups is 1. The standard InChI is InChI=1S/C7H13N2O/c1-9(2)5-6-3-4-7(10)8-6/h6H,3-5H2,1-2H3. The second-order valence-electron chi connectivity index (χ2n) is 2.98. The Morgan fingerprint density at radius 2 is 2.40 bits per heavy atom. The second-order valence-corrected chi connectivity index (χ2v) is 2.98. The van der Waals surface area contributed by atoms with Crippen LogP contribution in [-0.4, -0.2) is 37.5 Å². The first-order valence-corrected chi connectivity index (χ1v) is 3.57. The molecule has 1 unspecified atom stereocenters. The van der Waals surface area contributed by atoms with Gasteiger partial charge >= 0.3 is 0 Å². The lowest BCUT2D eigenvalue weighted by atomic mass is 10.2. The lowest BCUT2D eigenvalue weighted by molar-refractivity contribution is -0.119. The van der Waals surface area contributed by atoms with E-state index < -0.39 is 0 Å². The summed E-state index contributed by atoms with van der Waals surface area (Å²) in [5.41, 5.74) is 0. The molecule has 1 heterocycles. The molecule has 3 heteroatoms. The summed E-state index contributed by atoms with van der Waals surface area (Å²) in [6.07, 6.45) is 1.59. The van der Waals surface area contributed by atoms with E-state index in [2.05, 4.69) is 10.2 Å². The summed E-state index contributed by atoms with van der Waals surface area (Å²) < 4.78 is 0. The SMILES string of the molecule is CN(C)CC1CCC(=O)[N]1. The number of likely N-dealkylation sites (N-methyl/N-ethyl adjacent to an activating group) is 1. The van der Waals surface area contributed by atoms with Crippen LogP contribution in [0.15, 0.2) is 0 Å². The van der Waals surface area contributed by atoms with Crippen molar-refractivity contribution in [1.29, 1.82) is 0 Å². The van der Waals surface area contributed by atoms with Gasteiger partial charge in [0.1, 0.15) is 0 Å². The van der Waals surface area contributed by atoms with Gasteiger partial charge in [-0.25, -0.2) is 5.32 Å². The molecule has 3 nitrogen and oxygen atoms in total. The summed E-state index contributed by atoms with van der Waals surface area (Å²) in [7, 11) is 4.00. The van der Waals surface area contributed by atoms with Crippen molar-refractivity contribution >= 4 is 5.91 Å². The molecule has 0 aromatic heterocycles. The Kier molecular flexibility index (Phi) is 2.27. The molecule has 1 atom stereocenters. The summed E-state index contributed by atoms with van der Waals surface area (Å²) in [5, 5.41) is 3.95. The van der Waals surface area contributed by atoms with Crippen molar-refractivity contribution in [2.45, 2.75) is 18.9 Å². The Hall–Kier alpha value is -0.570. The molecular weight excluding hydrogens is 128 g/mol. The van der Waals surface area contributed by atoms with Crippen LogP contribution in [-0.2, 0) is 4.79 Å². The van der Waals surface area contributed by atoms with E-state index in [-0.39, 0.29) is 11.9 Å². The minimum absolute atomic E-state index is 0.0758. The summed E-state index contributed by atoms with van der Waals surface area (Å²) in [6.45, 7) is 0.908. The van der Waals surface area contributed by atoms with Crippen LogP contribution in [0.1, 0.15) is 12.8 Å². The second kappa shape index (κ2) is 3.01. The first-order chi connectivity index (χ1) is 4.68. The first kappa shape index (κ1) is 7.54. The fraction of sp³-hybridized carbons (Fsp3) is 0.857. The van der Waals surface area contributed by atoms with E-state index in [1.54, 1.807) is 0 Å². The van der Waals surface area contributed by atoms with E-state index in [0.717, 1.165) is 13.0 Å². The minimum atomic E-state index is 0.0758. The third kappa shape index (κ3) is 1.99. The maximum Gasteiger partial charge on any atom is 0.241 e. The van der Waals surface area contributed by atoms with Crippen LogP contribution >= 0.6 is 0 Å². The van der Waals surface area contributed by atoms with Crippen LogP contribution in [0.4, 0.5) is 0 Å². The molecule has 57 valence electrons. The molecule has 0 spiro atoms. The van der Waals surface area contributed by atoms with E-state index in [4.69, 9.17) is 0 Å². The number of hydrogen-bond acceptors (Lipinski definition) is 2. The number of carbonyl (C=O) groups excluding carboxylic acids is 1. The van der Waals surface area contributed by atoms with Crippen LogP contribution in [0.3, 0.4) is 0 Å². The van der Waals surface area contributed by atoms with Gasteiger partial charge in [-0.3, -0.25) is 4.79 Å². The maximum absolute atomic E-state index is 10.6. The Bertz CT molecular complexity index is 134. The molecule has 0 N–H and O–H groups in total. The molecular formula is C7H13N2O. The number of rotatable bonds is 2. The van der Waals surface area contributed by atoms with Crippen molar-refractivity contribution in [2.75, 3.05) is 20.6 Å². The van der Waals surface area contributed by atoms with Crippen molar-refractivity contribution in [2.24, 2.45) is 0 Å². The van der Waals surface area contributed by atoms with Gasteiger partial charge in [0.2, 0.25) is 5.91 Å². The molecule has 0 aromatic carbocycles. The van der Waals surface area contributed by atoms with Gasteiger partial charge in [0.15, 0.2) is 0 Å². The molecule has 1 radical (unpaired) electrons. The fourth-order valence-corrected chi connectivity index (χ4v) is 1.18. The maximum atomic E-state index is 10.6. The topological polar surface area (TPSA) is 34.4 Å². The van der Waals surface area contributed by atoms with Crippen LogP contribution in [0.25, 0.3) is 0 Å². The van der Waals surface area contributed by atoms with Crippen LogP contribution in [0.2, 0.25) is 0 Å². The fourth-order valence-electron chi connectivity index (χ4n) is 1.18. The van der Waals surface area contributed by atoms with Crippen molar-refractivity contribution in [1.82, 2.24) is 10.2 Å². The number of amides is 1. The van der Waals surface area contributed by atoms with Crippen LogP contribution in [0, 0.1) is 0 Å². The smallest absolute Gasteiger partial charge is 0.241 e. The van der Waals surface area contributed by atoms with Crippen molar-refractivity contribution in [3.05, 3.63) is 0 Å². The Morgan fingerprint density at radius 1 is 1.70 bits per heavy atom. The first-order valence-electron chi connectivity index (χ1n) is 3.57. The summed E-state index contributed by atoms with van der Waals surface area (Å²) >= 11 is 0. The molecule has 0 aliphatic carbocycles. The monoisotopic (exact) mass is 141 g/mol. The van der Waals surface area contributed by atoms with Crippen molar-refractivity contribution in [3.8, 4) is 0 Å². The van der Waals surface area contributed by atoms with E-state index >= 15 is 0 Å². The highest BCUT2D eigenvalue weighted by molar-refractivity contribution is 5.78. The quantitative estimate of drug-likeness (QED) is 0.535. The molecule has 0 bridgehead atoms. The Labute approximate surface area is 61.4 Å². The lowest BCUT2D eigenvalue weighted by Crippen LogP contribution is -2.30. The van der Waals surface area contributed by atoms with Gasteiger partial charge < -0.3 is 4.90 Å².